The second kappa shape index (κ2) is 11.4. The van der Waals surface area contributed by atoms with Crippen LogP contribution in [0.5, 0.6) is 0 Å². The highest BCUT2D eigenvalue weighted by Gasteiger charge is 2.36. The van der Waals surface area contributed by atoms with E-state index in [1.165, 1.54) is 18.1 Å². The number of rotatable bonds is 7. The van der Waals surface area contributed by atoms with E-state index < -0.39 is 11.9 Å². The number of hydrogen-bond acceptors (Lipinski definition) is 3. The summed E-state index contributed by atoms with van der Waals surface area (Å²) in [5, 5.41) is 9.67. The van der Waals surface area contributed by atoms with Gasteiger partial charge in [0.2, 0.25) is 0 Å². The molecule has 0 amide bonds. The Morgan fingerprint density at radius 3 is 2.56 bits per heavy atom. The van der Waals surface area contributed by atoms with Crippen LogP contribution >= 0.6 is 35.7 Å². The highest BCUT2D eigenvalue weighted by molar-refractivity contribution is 14.0. The van der Waals surface area contributed by atoms with Gasteiger partial charge in [0.15, 0.2) is 11.7 Å². The van der Waals surface area contributed by atoms with Crippen LogP contribution in [0.4, 0.5) is 13.2 Å². The lowest BCUT2D eigenvalue weighted by Crippen LogP contribution is -2.38. The first kappa shape index (κ1) is 23.6. The van der Waals surface area contributed by atoms with Gasteiger partial charge in [-0.15, -0.1) is 35.7 Å². The molecule has 0 saturated heterocycles. The first-order valence-electron chi connectivity index (χ1n) is 8.20. The molecular weight excluding hydrogens is 490 g/mol. The Balaban J connectivity index is 0.00000364. The predicted molar refractivity (Wildman–Crippen MR) is 114 cm³/mol. The summed E-state index contributed by atoms with van der Waals surface area (Å²) in [6.07, 6.45) is -3.13. The third-order valence-electron chi connectivity index (χ3n) is 3.33. The molecule has 0 fully saturated rings. The monoisotopic (exact) mass is 513 g/mol. The van der Waals surface area contributed by atoms with Gasteiger partial charge in [-0.3, -0.25) is 4.68 Å². The maximum atomic E-state index is 13.0. The molecule has 0 radical (unpaired) electrons. The Bertz CT molecular complexity index is 719. The maximum Gasteiger partial charge on any atom is 0.435 e. The number of aryl methyl sites for hydroxylation is 1. The van der Waals surface area contributed by atoms with E-state index in [1.807, 2.05) is 37.3 Å². The quantitative estimate of drug-likeness (QED) is 0.194. The van der Waals surface area contributed by atoms with Gasteiger partial charge in [0.1, 0.15) is 0 Å². The summed E-state index contributed by atoms with van der Waals surface area (Å²) in [6.45, 7) is 3.08. The fourth-order valence-corrected chi connectivity index (χ4v) is 3.04. The molecule has 2 rings (SSSR count). The van der Waals surface area contributed by atoms with Crippen LogP contribution < -0.4 is 10.6 Å². The highest BCUT2D eigenvalue weighted by atomic mass is 127. The van der Waals surface area contributed by atoms with Crippen LogP contribution in [-0.2, 0) is 19.8 Å². The molecule has 2 N–H and O–H groups in total. The van der Waals surface area contributed by atoms with Crippen LogP contribution in [0.25, 0.3) is 0 Å². The Hall–Kier alpha value is -1.43. The van der Waals surface area contributed by atoms with E-state index in [1.54, 1.807) is 11.8 Å². The molecule has 0 aliphatic rings. The van der Waals surface area contributed by atoms with Gasteiger partial charge in [-0.1, -0.05) is 18.2 Å². The zero-order valence-electron chi connectivity index (χ0n) is 15.1. The van der Waals surface area contributed by atoms with Crippen LogP contribution in [0, 0.1) is 0 Å². The van der Waals surface area contributed by atoms with Crippen molar-refractivity contribution >= 4 is 41.7 Å². The van der Waals surface area contributed by atoms with Gasteiger partial charge in [-0.05, 0) is 19.1 Å². The van der Waals surface area contributed by atoms with E-state index in [0.717, 1.165) is 10.4 Å². The summed E-state index contributed by atoms with van der Waals surface area (Å²) < 4.78 is 40.1. The summed E-state index contributed by atoms with van der Waals surface area (Å²) in [7, 11) is 1.46. The van der Waals surface area contributed by atoms with Crippen molar-refractivity contribution in [1.82, 2.24) is 20.4 Å². The van der Waals surface area contributed by atoms with Crippen molar-refractivity contribution in [2.45, 2.75) is 24.5 Å². The Morgan fingerprint density at radius 2 is 1.93 bits per heavy atom. The fourth-order valence-electron chi connectivity index (χ4n) is 2.25. The van der Waals surface area contributed by atoms with E-state index in [-0.39, 0.29) is 36.1 Å². The van der Waals surface area contributed by atoms with Crippen molar-refractivity contribution < 1.29 is 13.2 Å². The number of nitrogens with one attached hydrogen (secondary N) is 2. The molecule has 5 nitrogen and oxygen atoms in total. The number of nitrogens with zero attached hydrogens (tertiary/aromatic N) is 3. The molecule has 0 unspecified atom stereocenters. The van der Waals surface area contributed by atoms with Crippen molar-refractivity contribution in [1.29, 1.82) is 0 Å². The molecule has 2 aromatic rings. The second-order valence-corrected chi connectivity index (χ2v) is 6.63. The molecule has 27 heavy (non-hydrogen) atoms. The number of halogens is 4. The third-order valence-corrected chi connectivity index (χ3v) is 4.35. The van der Waals surface area contributed by atoms with E-state index in [2.05, 4.69) is 20.7 Å². The molecule has 0 saturated carbocycles. The summed E-state index contributed by atoms with van der Waals surface area (Å²) in [5.74, 6) is 1.30. The standard InChI is InChI=1S/C17H22F3N5S.HI/c1-3-21-16(22-9-10-26-14-7-5-4-6-8-14)23-11-13-12-25(2)24-15(13)17(18,19)20;/h4-8,12H,3,9-11H2,1-2H3,(H2,21,22,23);1H. The van der Waals surface area contributed by atoms with Gasteiger partial charge in [0.25, 0.3) is 0 Å². The molecule has 0 bridgehead atoms. The Labute approximate surface area is 178 Å². The molecule has 150 valence electrons. The largest absolute Gasteiger partial charge is 0.435 e. The smallest absolute Gasteiger partial charge is 0.357 e. The number of thioether (sulfide) groups is 1. The molecule has 1 aromatic carbocycles. The lowest BCUT2D eigenvalue weighted by Gasteiger charge is -2.11. The number of aliphatic imine (C=N–C) groups is 1. The van der Waals surface area contributed by atoms with Crippen molar-refractivity contribution in [3.8, 4) is 0 Å². The minimum atomic E-state index is -4.48. The average molecular weight is 513 g/mol. The van der Waals surface area contributed by atoms with Gasteiger partial charge in [-0.25, -0.2) is 4.99 Å². The SMILES string of the molecule is CCNC(=NCc1cn(C)nc1C(F)(F)F)NCCSc1ccccc1.I. The number of hydrogen-bond donors (Lipinski definition) is 2. The molecule has 0 aliphatic heterocycles. The van der Waals surface area contributed by atoms with Crippen LogP contribution in [-0.4, -0.2) is 34.6 Å². The summed E-state index contributed by atoms with van der Waals surface area (Å²) >= 11 is 1.70. The summed E-state index contributed by atoms with van der Waals surface area (Å²) in [4.78, 5) is 5.42. The van der Waals surface area contributed by atoms with Crippen molar-refractivity contribution in [3.05, 3.63) is 47.8 Å². The fraction of sp³-hybridized carbons (Fsp3) is 0.412. The third kappa shape index (κ3) is 7.99. The molecular formula is C17H23F3IN5S. The zero-order chi connectivity index (χ0) is 19.0. The molecule has 0 atom stereocenters. The Morgan fingerprint density at radius 1 is 1.22 bits per heavy atom. The average Bonchev–Trinajstić information content (AvgIpc) is 2.98. The minimum absolute atomic E-state index is 0. The number of aromatic nitrogens is 2. The lowest BCUT2D eigenvalue weighted by atomic mass is 10.2. The van der Waals surface area contributed by atoms with E-state index >= 15 is 0 Å². The normalized spacial score (nSPS) is 11.8. The topological polar surface area (TPSA) is 54.2 Å². The number of guanidine groups is 1. The molecule has 10 heteroatoms. The van der Waals surface area contributed by atoms with Crippen LogP contribution in [0.15, 0.2) is 46.4 Å². The van der Waals surface area contributed by atoms with Gasteiger partial charge < -0.3 is 10.6 Å². The van der Waals surface area contributed by atoms with Crippen molar-refractivity contribution in [2.24, 2.45) is 12.0 Å². The summed E-state index contributed by atoms with van der Waals surface area (Å²) in [6, 6.07) is 9.99. The second-order valence-electron chi connectivity index (χ2n) is 5.46. The first-order chi connectivity index (χ1) is 12.4. The number of alkyl halides is 3. The van der Waals surface area contributed by atoms with Gasteiger partial charge in [-0.2, -0.15) is 18.3 Å². The van der Waals surface area contributed by atoms with E-state index in [9.17, 15) is 13.2 Å². The van der Waals surface area contributed by atoms with Crippen LogP contribution in [0.1, 0.15) is 18.2 Å². The molecule has 1 aromatic heterocycles. The Kier molecular flexibility index (Phi) is 9.99. The minimum Gasteiger partial charge on any atom is -0.357 e. The maximum absolute atomic E-state index is 13.0. The van der Waals surface area contributed by atoms with Crippen LogP contribution in [0.3, 0.4) is 0 Å². The van der Waals surface area contributed by atoms with Crippen LogP contribution in [0.2, 0.25) is 0 Å². The molecule has 1 heterocycles. The van der Waals surface area contributed by atoms with E-state index in [4.69, 9.17) is 0 Å². The summed E-state index contributed by atoms with van der Waals surface area (Å²) in [5.41, 5.74) is -0.838. The van der Waals surface area contributed by atoms with Gasteiger partial charge in [0.05, 0.1) is 6.54 Å². The van der Waals surface area contributed by atoms with E-state index in [0.29, 0.717) is 19.0 Å². The zero-order valence-corrected chi connectivity index (χ0v) is 18.2. The highest BCUT2D eigenvalue weighted by Crippen LogP contribution is 2.30. The first-order valence-corrected chi connectivity index (χ1v) is 9.18. The van der Waals surface area contributed by atoms with Crippen molar-refractivity contribution in [3.63, 3.8) is 0 Å². The van der Waals surface area contributed by atoms with Gasteiger partial charge in [0, 0.05) is 42.5 Å². The predicted octanol–water partition coefficient (Wildman–Crippen LogP) is 3.90. The lowest BCUT2D eigenvalue weighted by molar-refractivity contribution is -0.142. The molecule has 0 spiro atoms. The number of benzene rings is 1. The molecule has 0 aliphatic carbocycles. The van der Waals surface area contributed by atoms with Crippen molar-refractivity contribution in [2.75, 3.05) is 18.8 Å². The van der Waals surface area contributed by atoms with Gasteiger partial charge >= 0.3 is 6.18 Å².